The number of pyridine rings is 2. The quantitative estimate of drug-likeness (QED) is 0.479. The van der Waals surface area contributed by atoms with E-state index in [2.05, 4.69) is 10.3 Å². The number of anilines is 2. The van der Waals surface area contributed by atoms with Crippen LogP contribution in [0.15, 0.2) is 29.1 Å². The lowest BCUT2D eigenvalue weighted by Crippen LogP contribution is -2.49. The second-order valence-corrected chi connectivity index (χ2v) is 11.3. The fourth-order valence-electron chi connectivity index (χ4n) is 4.70. The van der Waals surface area contributed by atoms with Crippen molar-refractivity contribution < 1.29 is 30.4 Å². The van der Waals surface area contributed by atoms with E-state index >= 15 is 4.39 Å². The summed E-state index contributed by atoms with van der Waals surface area (Å²) in [6.07, 6.45) is -3.71. The molecule has 0 amide bonds. The average Bonchev–Trinajstić information content (AvgIpc) is 2.82. The van der Waals surface area contributed by atoms with Crippen LogP contribution in [-0.4, -0.2) is 54.7 Å². The number of alkyl halides is 3. The molecule has 4 rings (SSSR count). The molecule has 2 aromatic heterocycles. The largest absolute Gasteiger partial charge is 0.435 e. The molecule has 0 saturated carbocycles. The zero-order valence-electron chi connectivity index (χ0n) is 21.0. The van der Waals surface area contributed by atoms with Gasteiger partial charge in [0.25, 0.3) is 5.56 Å². The Hall–Kier alpha value is -3.26. The molecule has 0 spiro atoms. The summed E-state index contributed by atoms with van der Waals surface area (Å²) < 4.78 is 97.6. The summed E-state index contributed by atoms with van der Waals surface area (Å²) in [7, 11) is -2.13. The standard InChI is InChI=1S/C24H26F5N5O3S/c1-13-5-6-18(21(30-13)24(27,28)29)31-14(2)16-11-15(25)12-17-19(16)20(26)22(32(3)23(17)35)33-7-9-34(10-8-33)38(4,36)37/h5-6,11-12,14,31H,7-10H2,1-4H3/t14-/m1/s1. The third kappa shape index (κ3) is 5.19. The van der Waals surface area contributed by atoms with Crippen LogP contribution in [0.5, 0.6) is 0 Å². The molecule has 1 aromatic carbocycles. The van der Waals surface area contributed by atoms with Gasteiger partial charge in [0.15, 0.2) is 11.5 Å². The van der Waals surface area contributed by atoms with Gasteiger partial charge < -0.3 is 10.2 Å². The maximum Gasteiger partial charge on any atom is 0.435 e. The van der Waals surface area contributed by atoms with E-state index in [4.69, 9.17) is 0 Å². The van der Waals surface area contributed by atoms with Crippen molar-refractivity contribution in [3.05, 3.63) is 63.2 Å². The number of nitrogens with zero attached hydrogens (tertiary/aromatic N) is 4. The molecule has 0 bridgehead atoms. The molecule has 0 radical (unpaired) electrons. The first-order valence-electron chi connectivity index (χ1n) is 11.6. The second-order valence-electron chi connectivity index (χ2n) is 9.28. The van der Waals surface area contributed by atoms with Gasteiger partial charge >= 0.3 is 6.18 Å². The molecule has 0 aliphatic carbocycles. The number of piperazine rings is 1. The summed E-state index contributed by atoms with van der Waals surface area (Å²) in [4.78, 5) is 18.3. The Bertz CT molecular complexity index is 1560. The SMILES string of the molecule is Cc1ccc(N[C@H](C)c2cc(F)cc3c(=O)n(C)c(N4CCN(S(C)(=O)=O)CC4)c(F)c23)c(C(F)(F)F)n1. The van der Waals surface area contributed by atoms with Crippen LogP contribution in [0.2, 0.25) is 0 Å². The van der Waals surface area contributed by atoms with Crippen molar-refractivity contribution in [2.45, 2.75) is 26.1 Å². The summed E-state index contributed by atoms with van der Waals surface area (Å²) in [5.74, 6) is -1.84. The number of nitrogens with one attached hydrogen (secondary N) is 1. The van der Waals surface area contributed by atoms with E-state index in [-0.39, 0.29) is 59.7 Å². The van der Waals surface area contributed by atoms with E-state index in [1.807, 2.05) is 0 Å². The number of benzene rings is 1. The highest BCUT2D eigenvalue weighted by Gasteiger charge is 2.36. The highest BCUT2D eigenvalue weighted by Crippen LogP contribution is 2.37. The lowest BCUT2D eigenvalue weighted by molar-refractivity contribution is -0.140. The van der Waals surface area contributed by atoms with Gasteiger partial charge in [-0.1, -0.05) is 0 Å². The van der Waals surface area contributed by atoms with Crippen LogP contribution in [-0.2, 0) is 23.2 Å². The van der Waals surface area contributed by atoms with E-state index in [1.54, 1.807) is 0 Å². The highest BCUT2D eigenvalue weighted by molar-refractivity contribution is 7.88. The molecule has 1 aliphatic rings. The minimum absolute atomic E-state index is 0.0556. The molecule has 14 heteroatoms. The minimum atomic E-state index is -4.78. The smallest absolute Gasteiger partial charge is 0.377 e. The van der Waals surface area contributed by atoms with Crippen molar-refractivity contribution in [3.63, 3.8) is 0 Å². The summed E-state index contributed by atoms with van der Waals surface area (Å²) in [5.41, 5.74) is -2.18. The summed E-state index contributed by atoms with van der Waals surface area (Å²) in [6, 6.07) is 3.36. The number of aryl methyl sites for hydroxylation is 1. The molecular formula is C24H26F5N5O3S. The lowest BCUT2D eigenvalue weighted by atomic mass is 9.99. The Morgan fingerprint density at radius 2 is 1.71 bits per heavy atom. The zero-order valence-corrected chi connectivity index (χ0v) is 21.8. The molecule has 0 unspecified atom stereocenters. The summed E-state index contributed by atoms with van der Waals surface area (Å²) in [5, 5.41) is 2.15. The van der Waals surface area contributed by atoms with Crippen molar-refractivity contribution in [3.8, 4) is 0 Å². The summed E-state index contributed by atoms with van der Waals surface area (Å²) >= 11 is 0. The van der Waals surface area contributed by atoms with Gasteiger partial charge in [-0.3, -0.25) is 9.36 Å². The third-order valence-electron chi connectivity index (χ3n) is 6.55. The van der Waals surface area contributed by atoms with E-state index < -0.39 is 45.1 Å². The molecule has 1 atom stereocenters. The average molecular weight is 560 g/mol. The molecule has 1 N–H and O–H groups in total. The minimum Gasteiger partial charge on any atom is -0.377 e. The van der Waals surface area contributed by atoms with Crippen molar-refractivity contribution in [2.24, 2.45) is 7.05 Å². The van der Waals surface area contributed by atoms with Crippen LogP contribution in [0.3, 0.4) is 0 Å². The van der Waals surface area contributed by atoms with Crippen molar-refractivity contribution in [1.82, 2.24) is 13.9 Å². The topological polar surface area (TPSA) is 87.5 Å². The van der Waals surface area contributed by atoms with Gasteiger partial charge in [0.1, 0.15) is 11.6 Å². The van der Waals surface area contributed by atoms with Gasteiger partial charge in [0.05, 0.1) is 17.3 Å². The van der Waals surface area contributed by atoms with Crippen molar-refractivity contribution in [2.75, 3.05) is 42.7 Å². The van der Waals surface area contributed by atoms with Gasteiger partial charge in [0.2, 0.25) is 10.0 Å². The zero-order chi connectivity index (χ0) is 28.2. The van der Waals surface area contributed by atoms with Crippen LogP contribution in [0.4, 0.5) is 33.5 Å². The number of aromatic nitrogens is 2. The van der Waals surface area contributed by atoms with E-state index in [1.165, 1.54) is 42.2 Å². The number of hydrogen-bond acceptors (Lipinski definition) is 6. The lowest BCUT2D eigenvalue weighted by Gasteiger charge is -2.35. The van der Waals surface area contributed by atoms with Gasteiger partial charge in [-0.25, -0.2) is 22.2 Å². The monoisotopic (exact) mass is 559 g/mol. The number of rotatable bonds is 5. The Kier molecular flexibility index (Phi) is 7.16. The van der Waals surface area contributed by atoms with Gasteiger partial charge in [-0.2, -0.15) is 17.5 Å². The normalized spacial score (nSPS) is 16.2. The maximum absolute atomic E-state index is 16.2. The Morgan fingerprint density at radius 3 is 2.29 bits per heavy atom. The van der Waals surface area contributed by atoms with Gasteiger partial charge in [0, 0.05) is 50.3 Å². The van der Waals surface area contributed by atoms with E-state index in [0.717, 1.165) is 23.0 Å². The Labute approximate surface area is 215 Å². The number of halogens is 5. The highest BCUT2D eigenvalue weighted by atomic mass is 32.2. The fraction of sp³-hybridized carbons (Fsp3) is 0.417. The van der Waals surface area contributed by atoms with E-state index in [0.29, 0.717) is 0 Å². The molecule has 38 heavy (non-hydrogen) atoms. The van der Waals surface area contributed by atoms with Crippen LogP contribution in [0.1, 0.15) is 29.9 Å². The molecule has 3 heterocycles. The fourth-order valence-corrected chi connectivity index (χ4v) is 5.53. The van der Waals surface area contributed by atoms with Crippen molar-refractivity contribution in [1.29, 1.82) is 0 Å². The predicted molar refractivity (Wildman–Crippen MR) is 134 cm³/mol. The third-order valence-corrected chi connectivity index (χ3v) is 7.85. The van der Waals surface area contributed by atoms with Gasteiger partial charge in [-0.15, -0.1) is 0 Å². The molecule has 1 aliphatic heterocycles. The molecular weight excluding hydrogens is 533 g/mol. The molecule has 3 aromatic rings. The first kappa shape index (κ1) is 27.8. The Morgan fingerprint density at radius 1 is 1.08 bits per heavy atom. The molecule has 1 fully saturated rings. The first-order valence-corrected chi connectivity index (χ1v) is 13.5. The van der Waals surface area contributed by atoms with Crippen LogP contribution in [0.25, 0.3) is 10.8 Å². The van der Waals surface area contributed by atoms with Crippen LogP contribution < -0.4 is 15.8 Å². The number of sulfonamides is 1. The first-order chi connectivity index (χ1) is 17.6. The molecule has 8 nitrogen and oxygen atoms in total. The number of fused-ring (bicyclic) bond motifs is 1. The predicted octanol–water partition coefficient (Wildman–Crippen LogP) is 3.79. The Balaban J connectivity index is 1.82. The summed E-state index contributed by atoms with van der Waals surface area (Å²) in [6.45, 7) is 3.16. The van der Waals surface area contributed by atoms with Crippen molar-refractivity contribution >= 4 is 32.3 Å². The second kappa shape index (κ2) is 9.80. The molecule has 206 valence electrons. The van der Waals surface area contributed by atoms with E-state index in [9.17, 15) is 30.8 Å². The van der Waals surface area contributed by atoms with Crippen LogP contribution in [0, 0.1) is 18.6 Å². The van der Waals surface area contributed by atoms with Crippen LogP contribution >= 0.6 is 0 Å². The number of hydrogen-bond donors (Lipinski definition) is 1. The maximum atomic E-state index is 16.2. The molecule has 1 saturated heterocycles. The van der Waals surface area contributed by atoms with Gasteiger partial charge in [-0.05, 0) is 43.7 Å².